The van der Waals surface area contributed by atoms with E-state index in [2.05, 4.69) is 10.6 Å². The minimum Gasteiger partial charge on any atom is -0.393 e. The third kappa shape index (κ3) is 3.75. The molecule has 0 radical (unpaired) electrons. The number of aliphatic hydroxyl groups is 1. The molecule has 0 unspecified atom stereocenters. The Kier molecular flexibility index (Phi) is 4.11. The van der Waals surface area contributed by atoms with Crippen molar-refractivity contribution in [2.75, 3.05) is 6.54 Å². The molecule has 0 heterocycles. The van der Waals surface area contributed by atoms with Crippen molar-refractivity contribution in [1.82, 2.24) is 10.6 Å². The maximum Gasteiger partial charge on any atom is 0.251 e. The number of carbonyl (C=O) groups is 2. The first-order valence-corrected chi connectivity index (χ1v) is 6.06. The van der Waals surface area contributed by atoms with Gasteiger partial charge in [-0.25, -0.2) is 4.39 Å². The number of rotatable bonds is 4. The summed E-state index contributed by atoms with van der Waals surface area (Å²) in [5.74, 6) is -1.31. The first-order valence-electron chi connectivity index (χ1n) is 6.06. The van der Waals surface area contributed by atoms with Crippen LogP contribution in [0.5, 0.6) is 0 Å². The summed E-state index contributed by atoms with van der Waals surface area (Å²) in [6, 6.07) is 5.23. The van der Waals surface area contributed by atoms with Crippen LogP contribution in [-0.2, 0) is 4.79 Å². The first kappa shape index (κ1) is 13.5. The predicted octanol–water partition coefficient (Wildman–Crippen LogP) is 0.195. The van der Waals surface area contributed by atoms with Gasteiger partial charge in [0.1, 0.15) is 5.82 Å². The van der Waals surface area contributed by atoms with Crippen LogP contribution in [0, 0.1) is 5.82 Å². The Morgan fingerprint density at radius 1 is 1.37 bits per heavy atom. The number of carbonyl (C=O) groups excluding carboxylic acids is 2. The van der Waals surface area contributed by atoms with Gasteiger partial charge >= 0.3 is 0 Å². The minimum absolute atomic E-state index is 0.0198. The summed E-state index contributed by atoms with van der Waals surface area (Å²) in [4.78, 5) is 23.1. The Labute approximate surface area is 109 Å². The fourth-order valence-electron chi connectivity index (χ4n) is 1.88. The molecule has 102 valence electrons. The number of hydrogen-bond donors (Lipinski definition) is 3. The van der Waals surface area contributed by atoms with Crippen LogP contribution in [0.2, 0.25) is 0 Å². The van der Waals surface area contributed by atoms with Gasteiger partial charge in [-0.1, -0.05) is 6.07 Å². The van der Waals surface area contributed by atoms with Crippen LogP contribution in [0.4, 0.5) is 4.39 Å². The maximum absolute atomic E-state index is 12.9. The van der Waals surface area contributed by atoms with Crippen LogP contribution in [0.1, 0.15) is 23.2 Å². The van der Waals surface area contributed by atoms with E-state index in [9.17, 15) is 14.0 Å². The van der Waals surface area contributed by atoms with Gasteiger partial charge in [0, 0.05) is 11.6 Å². The molecular formula is C13H15FN2O3. The molecule has 1 aliphatic rings. The summed E-state index contributed by atoms with van der Waals surface area (Å²) in [6.45, 7) is -0.165. The van der Waals surface area contributed by atoms with E-state index in [0.717, 1.165) is 6.07 Å². The molecule has 0 bridgehead atoms. The third-order valence-corrected chi connectivity index (χ3v) is 2.97. The smallest absolute Gasteiger partial charge is 0.251 e. The van der Waals surface area contributed by atoms with Gasteiger partial charge in [0.25, 0.3) is 5.91 Å². The standard InChI is InChI=1S/C13H15FN2O3/c14-9-3-1-2-8(4-9)13(19)15-7-12(18)16-10-5-11(17)6-10/h1-4,10-11,17H,5-7H2,(H,15,19)(H,16,18). The molecule has 1 aliphatic carbocycles. The Bertz CT molecular complexity index is 487. The Morgan fingerprint density at radius 2 is 2.11 bits per heavy atom. The highest BCUT2D eigenvalue weighted by Gasteiger charge is 2.28. The van der Waals surface area contributed by atoms with Crippen molar-refractivity contribution in [3.8, 4) is 0 Å². The Balaban J connectivity index is 1.75. The molecule has 1 aromatic rings. The molecule has 2 amide bonds. The summed E-state index contributed by atoms with van der Waals surface area (Å²) >= 11 is 0. The zero-order valence-corrected chi connectivity index (χ0v) is 10.2. The third-order valence-electron chi connectivity index (χ3n) is 2.97. The van der Waals surface area contributed by atoms with Crippen molar-refractivity contribution in [3.05, 3.63) is 35.6 Å². The van der Waals surface area contributed by atoms with E-state index in [0.29, 0.717) is 12.8 Å². The lowest BCUT2D eigenvalue weighted by molar-refractivity contribution is -0.122. The molecule has 0 spiro atoms. The van der Waals surface area contributed by atoms with Crippen molar-refractivity contribution in [2.24, 2.45) is 0 Å². The molecule has 1 fully saturated rings. The van der Waals surface area contributed by atoms with E-state index in [1.807, 2.05) is 0 Å². The topological polar surface area (TPSA) is 78.4 Å². The van der Waals surface area contributed by atoms with Crippen LogP contribution in [0.25, 0.3) is 0 Å². The van der Waals surface area contributed by atoms with Gasteiger partial charge < -0.3 is 15.7 Å². The van der Waals surface area contributed by atoms with E-state index in [4.69, 9.17) is 5.11 Å². The van der Waals surface area contributed by atoms with Gasteiger partial charge in [-0.05, 0) is 31.0 Å². The van der Waals surface area contributed by atoms with Crippen molar-refractivity contribution in [2.45, 2.75) is 25.0 Å². The predicted molar refractivity (Wildman–Crippen MR) is 65.9 cm³/mol. The van der Waals surface area contributed by atoms with Gasteiger partial charge in [-0.2, -0.15) is 0 Å². The summed E-state index contributed by atoms with van der Waals surface area (Å²) in [5.41, 5.74) is 0.173. The quantitative estimate of drug-likeness (QED) is 0.728. The number of nitrogens with one attached hydrogen (secondary N) is 2. The maximum atomic E-state index is 12.9. The molecule has 2 rings (SSSR count). The zero-order valence-electron chi connectivity index (χ0n) is 10.2. The van der Waals surface area contributed by atoms with E-state index in [1.165, 1.54) is 18.2 Å². The summed E-state index contributed by atoms with van der Waals surface area (Å²) < 4.78 is 12.9. The minimum atomic E-state index is -0.499. The zero-order chi connectivity index (χ0) is 13.8. The fourth-order valence-corrected chi connectivity index (χ4v) is 1.88. The second-order valence-electron chi connectivity index (χ2n) is 4.58. The molecular weight excluding hydrogens is 251 g/mol. The van der Waals surface area contributed by atoms with Crippen LogP contribution in [0.15, 0.2) is 24.3 Å². The normalized spacial score (nSPS) is 21.4. The van der Waals surface area contributed by atoms with Gasteiger partial charge in [-0.15, -0.1) is 0 Å². The molecule has 0 saturated heterocycles. The molecule has 19 heavy (non-hydrogen) atoms. The average molecular weight is 266 g/mol. The SMILES string of the molecule is O=C(CNC(=O)c1cccc(F)c1)NC1CC(O)C1. The van der Waals surface area contributed by atoms with Crippen LogP contribution >= 0.6 is 0 Å². The van der Waals surface area contributed by atoms with Crippen molar-refractivity contribution in [3.63, 3.8) is 0 Å². The Morgan fingerprint density at radius 3 is 2.74 bits per heavy atom. The lowest BCUT2D eigenvalue weighted by Crippen LogP contribution is -2.49. The second-order valence-corrected chi connectivity index (χ2v) is 4.58. The summed E-state index contributed by atoms with van der Waals surface area (Å²) in [7, 11) is 0. The first-order chi connectivity index (χ1) is 9.04. The second kappa shape index (κ2) is 5.79. The van der Waals surface area contributed by atoms with E-state index >= 15 is 0 Å². The van der Waals surface area contributed by atoms with Crippen LogP contribution in [-0.4, -0.2) is 35.6 Å². The van der Waals surface area contributed by atoms with E-state index in [-0.39, 0.29) is 30.2 Å². The van der Waals surface area contributed by atoms with E-state index < -0.39 is 11.7 Å². The number of halogens is 1. The molecule has 3 N–H and O–H groups in total. The molecule has 0 atom stereocenters. The average Bonchev–Trinajstić information content (AvgIpc) is 2.34. The highest BCUT2D eigenvalue weighted by Crippen LogP contribution is 2.18. The summed E-state index contributed by atoms with van der Waals surface area (Å²) in [5, 5.41) is 14.2. The number of amides is 2. The van der Waals surface area contributed by atoms with Gasteiger partial charge in [0.2, 0.25) is 5.91 Å². The van der Waals surface area contributed by atoms with E-state index in [1.54, 1.807) is 0 Å². The van der Waals surface area contributed by atoms with Crippen LogP contribution in [0.3, 0.4) is 0 Å². The number of hydrogen-bond acceptors (Lipinski definition) is 3. The van der Waals surface area contributed by atoms with Gasteiger partial charge in [0.05, 0.1) is 12.6 Å². The summed E-state index contributed by atoms with van der Waals surface area (Å²) in [6.07, 6.45) is 0.750. The van der Waals surface area contributed by atoms with Crippen molar-refractivity contribution in [1.29, 1.82) is 0 Å². The van der Waals surface area contributed by atoms with Crippen LogP contribution < -0.4 is 10.6 Å². The number of aliphatic hydroxyl groups excluding tert-OH is 1. The molecule has 1 saturated carbocycles. The van der Waals surface area contributed by atoms with Gasteiger partial charge in [0.15, 0.2) is 0 Å². The monoisotopic (exact) mass is 266 g/mol. The lowest BCUT2D eigenvalue weighted by Gasteiger charge is -2.31. The Hall–Kier alpha value is -1.95. The largest absolute Gasteiger partial charge is 0.393 e. The molecule has 0 aliphatic heterocycles. The molecule has 1 aromatic carbocycles. The molecule has 6 heteroatoms. The number of benzene rings is 1. The van der Waals surface area contributed by atoms with Crippen molar-refractivity contribution < 1.29 is 19.1 Å². The fraction of sp³-hybridized carbons (Fsp3) is 0.385. The van der Waals surface area contributed by atoms with Crippen molar-refractivity contribution >= 4 is 11.8 Å². The molecule has 5 nitrogen and oxygen atoms in total. The lowest BCUT2D eigenvalue weighted by atomic mass is 9.89. The van der Waals surface area contributed by atoms with Gasteiger partial charge in [-0.3, -0.25) is 9.59 Å². The highest BCUT2D eigenvalue weighted by molar-refractivity contribution is 5.96. The molecule has 0 aromatic heterocycles. The highest BCUT2D eigenvalue weighted by atomic mass is 19.1.